The maximum Gasteiger partial charge on any atom is 0.573 e. The van der Waals surface area contributed by atoms with Crippen molar-refractivity contribution >= 4 is 12.0 Å². The van der Waals surface area contributed by atoms with Crippen molar-refractivity contribution in [3.8, 4) is 5.75 Å². The second-order valence-electron chi connectivity index (χ2n) is 9.30. The molecule has 10 heteroatoms. The van der Waals surface area contributed by atoms with Gasteiger partial charge in [0.1, 0.15) is 11.4 Å². The number of nitrogens with zero attached hydrogens (tertiary/aromatic N) is 2. The Morgan fingerprint density at radius 3 is 2.16 bits per heavy atom. The number of ether oxygens (including phenoxy) is 2. The number of piperazine rings is 1. The summed E-state index contributed by atoms with van der Waals surface area (Å²) in [5.74, 6) is -1.83. The molecule has 2 amide bonds. The van der Waals surface area contributed by atoms with Crippen molar-refractivity contribution in [2.75, 3.05) is 26.2 Å². The number of amides is 2. The predicted molar refractivity (Wildman–Crippen MR) is 109 cm³/mol. The fourth-order valence-electron chi connectivity index (χ4n) is 4.02. The molecule has 1 aliphatic carbocycles. The first-order valence-corrected chi connectivity index (χ1v) is 10.6. The molecular weight excluding hydrogens is 429 g/mol. The van der Waals surface area contributed by atoms with Crippen molar-refractivity contribution in [1.29, 1.82) is 0 Å². The number of benzene rings is 1. The zero-order chi connectivity index (χ0) is 23.7. The largest absolute Gasteiger partial charge is 0.573 e. The van der Waals surface area contributed by atoms with Crippen LogP contribution in [0.3, 0.4) is 0 Å². The van der Waals surface area contributed by atoms with Crippen molar-refractivity contribution in [2.45, 2.75) is 63.5 Å². The third-order valence-corrected chi connectivity index (χ3v) is 5.67. The van der Waals surface area contributed by atoms with Gasteiger partial charge >= 0.3 is 12.5 Å². The first-order valence-electron chi connectivity index (χ1n) is 10.6. The van der Waals surface area contributed by atoms with E-state index in [2.05, 4.69) is 4.74 Å². The minimum Gasteiger partial charge on any atom is -0.444 e. The Morgan fingerprint density at radius 1 is 1.06 bits per heavy atom. The molecule has 2 fully saturated rings. The number of halogens is 3. The molecule has 1 aliphatic heterocycles. The van der Waals surface area contributed by atoms with E-state index in [1.807, 2.05) is 0 Å². The van der Waals surface area contributed by atoms with Gasteiger partial charge in [0.15, 0.2) is 0 Å². The molecule has 7 nitrogen and oxygen atoms in total. The van der Waals surface area contributed by atoms with Gasteiger partial charge in [-0.2, -0.15) is 0 Å². The van der Waals surface area contributed by atoms with E-state index in [4.69, 9.17) is 4.74 Å². The average Bonchev–Trinajstić information content (AvgIpc) is 2.64. The van der Waals surface area contributed by atoms with Gasteiger partial charge in [0.05, 0.1) is 11.5 Å². The molecule has 178 valence electrons. The Hall–Kier alpha value is -2.49. The van der Waals surface area contributed by atoms with Gasteiger partial charge in [-0.15, -0.1) is 13.2 Å². The highest BCUT2D eigenvalue weighted by atomic mass is 19.4. The Bertz CT molecular complexity index is 841. The molecule has 1 N–H and O–H groups in total. The summed E-state index contributed by atoms with van der Waals surface area (Å²) in [5, 5.41) is 11.0. The molecule has 1 aromatic rings. The van der Waals surface area contributed by atoms with Crippen LogP contribution >= 0.6 is 0 Å². The van der Waals surface area contributed by atoms with Gasteiger partial charge in [0, 0.05) is 26.2 Å². The zero-order valence-electron chi connectivity index (χ0n) is 18.4. The first kappa shape index (κ1) is 24.2. The molecule has 3 rings (SSSR count). The third kappa shape index (κ3) is 5.85. The van der Waals surface area contributed by atoms with E-state index in [0.717, 1.165) is 18.6 Å². The molecule has 0 bridgehead atoms. The van der Waals surface area contributed by atoms with Crippen LogP contribution in [0.15, 0.2) is 24.3 Å². The SMILES string of the molecule is CC(C)(C)OC(=O)N1CCN(C(=O)[C@H](c2cccc(OC(F)(F)F)c2)C2(O)CCC2)CC1. The Morgan fingerprint density at radius 2 is 1.66 bits per heavy atom. The van der Waals surface area contributed by atoms with E-state index in [1.54, 1.807) is 25.7 Å². The highest BCUT2D eigenvalue weighted by molar-refractivity contribution is 5.86. The van der Waals surface area contributed by atoms with Crippen molar-refractivity contribution in [3.05, 3.63) is 29.8 Å². The first-order chi connectivity index (χ1) is 14.8. The Balaban J connectivity index is 1.75. The van der Waals surface area contributed by atoms with Crippen molar-refractivity contribution in [3.63, 3.8) is 0 Å². The van der Waals surface area contributed by atoms with Crippen LogP contribution in [0.5, 0.6) is 5.75 Å². The average molecular weight is 458 g/mol. The van der Waals surface area contributed by atoms with Gasteiger partial charge in [-0.05, 0) is 57.7 Å². The molecule has 1 saturated heterocycles. The van der Waals surface area contributed by atoms with E-state index in [0.29, 0.717) is 12.8 Å². The molecule has 1 atom stereocenters. The summed E-state index contributed by atoms with van der Waals surface area (Å²) in [6.45, 7) is 6.32. The quantitative estimate of drug-likeness (QED) is 0.745. The highest BCUT2D eigenvalue weighted by Crippen LogP contribution is 2.45. The van der Waals surface area contributed by atoms with Gasteiger partial charge in [-0.1, -0.05) is 12.1 Å². The van der Waals surface area contributed by atoms with Crippen molar-refractivity contribution < 1.29 is 37.3 Å². The lowest BCUT2D eigenvalue weighted by Gasteiger charge is -2.45. The molecule has 0 spiro atoms. The summed E-state index contributed by atoms with van der Waals surface area (Å²) in [6.07, 6.45) is -3.83. The van der Waals surface area contributed by atoms with Crippen LogP contribution in [-0.4, -0.2) is 70.7 Å². The fraction of sp³-hybridized carbons (Fsp3) is 0.636. The molecule has 1 aromatic carbocycles. The minimum atomic E-state index is -4.86. The van der Waals surface area contributed by atoms with E-state index in [9.17, 15) is 27.9 Å². The summed E-state index contributed by atoms with van der Waals surface area (Å²) >= 11 is 0. The van der Waals surface area contributed by atoms with E-state index >= 15 is 0 Å². The molecule has 1 heterocycles. The Kier molecular flexibility index (Phi) is 6.65. The molecule has 1 saturated carbocycles. The van der Waals surface area contributed by atoms with Gasteiger partial charge in [0.25, 0.3) is 0 Å². The Labute approximate surface area is 185 Å². The summed E-state index contributed by atoms with van der Waals surface area (Å²) in [5.41, 5.74) is -1.68. The van der Waals surface area contributed by atoms with Gasteiger partial charge in [0.2, 0.25) is 5.91 Å². The van der Waals surface area contributed by atoms with Crippen LogP contribution < -0.4 is 4.74 Å². The second-order valence-corrected chi connectivity index (χ2v) is 9.30. The summed E-state index contributed by atoms with van der Waals surface area (Å²) < 4.78 is 47.3. The zero-order valence-corrected chi connectivity index (χ0v) is 18.4. The number of rotatable bonds is 4. The van der Waals surface area contributed by atoms with Crippen molar-refractivity contribution in [2.24, 2.45) is 0 Å². The van der Waals surface area contributed by atoms with Crippen LogP contribution in [-0.2, 0) is 9.53 Å². The van der Waals surface area contributed by atoms with Crippen LogP contribution in [0.2, 0.25) is 0 Å². The van der Waals surface area contributed by atoms with Crippen LogP contribution in [0.4, 0.5) is 18.0 Å². The molecular formula is C22H29F3N2O5. The summed E-state index contributed by atoms with van der Waals surface area (Å²) in [6, 6.07) is 5.21. The highest BCUT2D eigenvalue weighted by Gasteiger charge is 2.48. The molecule has 0 radical (unpaired) electrons. The predicted octanol–water partition coefficient (Wildman–Crippen LogP) is 3.66. The number of hydrogen-bond acceptors (Lipinski definition) is 5. The smallest absolute Gasteiger partial charge is 0.444 e. The molecule has 2 aliphatic rings. The third-order valence-electron chi connectivity index (χ3n) is 5.67. The fourth-order valence-corrected chi connectivity index (χ4v) is 4.02. The van der Waals surface area contributed by atoms with Gasteiger partial charge < -0.3 is 24.4 Å². The summed E-state index contributed by atoms with van der Waals surface area (Å²) in [7, 11) is 0. The van der Waals surface area contributed by atoms with E-state index in [-0.39, 0.29) is 37.6 Å². The number of hydrogen-bond donors (Lipinski definition) is 1. The normalized spacial score (nSPS) is 19.7. The number of aliphatic hydroxyl groups is 1. The monoisotopic (exact) mass is 458 g/mol. The maximum absolute atomic E-state index is 13.4. The van der Waals surface area contributed by atoms with Crippen molar-refractivity contribution in [1.82, 2.24) is 9.80 Å². The standard InChI is InChI=1S/C22H29F3N2O5/c1-20(2,3)32-19(29)27-12-10-26(11-13-27)18(28)17(21(30)8-5-9-21)15-6-4-7-16(14-15)31-22(23,24)25/h4,6-7,14,17,30H,5,8-13H2,1-3H3/t17-/m0/s1. The molecule has 0 unspecified atom stereocenters. The van der Waals surface area contributed by atoms with Gasteiger partial charge in [-0.3, -0.25) is 4.79 Å². The minimum absolute atomic E-state index is 0.239. The van der Waals surface area contributed by atoms with E-state index < -0.39 is 35.3 Å². The molecule has 0 aromatic heterocycles. The second kappa shape index (κ2) is 8.80. The molecule has 32 heavy (non-hydrogen) atoms. The van der Waals surface area contributed by atoms with E-state index in [1.165, 1.54) is 17.0 Å². The number of carbonyl (C=O) groups excluding carboxylic acids is 2. The number of carbonyl (C=O) groups is 2. The van der Waals surface area contributed by atoms with Gasteiger partial charge in [-0.25, -0.2) is 4.79 Å². The summed E-state index contributed by atoms with van der Waals surface area (Å²) in [4.78, 5) is 28.7. The topological polar surface area (TPSA) is 79.3 Å². The lowest BCUT2D eigenvalue weighted by atomic mass is 9.68. The van der Waals surface area contributed by atoms with Crippen LogP contribution in [0, 0.1) is 0 Å². The van der Waals surface area contributed by atoms with Crippen LogP contribution in [0.1, 0.15) is 51.5 Å². The van der Waals surface area contributed by atoms with Crippen LogP contribution in [0.25, 0.3) is 0 Å². The maximum atomic E-state index is 13.4. The number of alkyl halides is 3. The lowest BCUT2D eigenvalue weighted by Crippen LogP contribution is -2.56. The lowest BCUT2D eigenvalue weighted by molar-refractivity contribution is -0.274.